The number of esters is 1. The number of methoxy groups -OCH3 is 1. The molecular weight excluding hydrogens is 312 g/mol. The Hall–Kier alpha value is -2.18. The monoisotopic (exact) mass is 331 g/mol. The van der Waals surface area contributed by atoms with Crippen molar-refractivity contribution in [3.05, 3.63) is 52.9 Å². The molecule has 0 saturated carbocycles. The summed E-state index contributed by atoms with van der Waals surface area (Å²) in [6.07, 6.45) is 0. The highest BCUT2D eigenvalue weighted by molar-refractivity contribution is 7.18. The van der Waals surface area contributed by atoms with Crippen LogP contribution in [-0.2, 0) is 11.3 Å². The third-order valence-electron chi connectivity index (χ3n) is 3.92. The Morgan fingerprint density at radius 1 is 1.35 bits per heavy atom. The first kappa shape index (κ1) is 15.7. The summed E-state index contributed by atoms with van der Waals surface area (Å²) >= 11 is 1.72. The smallest absolute Gasteiger partial charge is 0.373 e. The first-order chi connectivity index (χ1) is 11.1. The largest absolute Gasteiger partial charge is 0.463 e. The lowest BCUT2D eigenvalue weighted by molar-refractivity contribution is -0.924. The minimum atomic E-state index is -0.451. The van der Waals surface area contributed by atoms with Crippen LogP contribution >= 0.6 is 11.3 Å². The quantitative estimate of drug-likeness (QED) is 0.730. The molecule has 5 nitrogen and oxygen atoms in total. The SMILES string of the molecule is COC(=O)c1ccc(C[NH+](C)[C@H](C)c2nc3ccccc3s2)o1. The van der Waals surface area contributed by atoms with Crippen molar-refractivity contribution in [2.75, 3.05) is 14.2 Å². The Morgan fingerprint density at radius 3 is 2.87 bits per heavy atom. The van der Waals surface area contributed by atoms with Gasteiger partial charge in [-0.1, -0.05) is 12.1 Å². The van der Waals surface area contributed by atoms with Crippen molar-refractivity contribution in [2.24, 2.45) is 0 Å². The molecule has 0 radical (unpaired) electrons. The molecule has 6 heteroatoms. The summed E-state index contributed by atoms with van der Waals surface area (Å²) in [5, 5.41) is 1.10. The molecule has 0 saturated heterocycles. The topological polar surface area (TPSA) is 56.8 Å². The number of nitrogens with one attached hydrogen (secondary N) is 1. The van der Waals surface area contributed by atoms with E-state index in [1.807, 2.05) is 24.3 Å². The van der Waals surface area contributed by atoms with Gasteiger partial charge in [-0.15, -0.1) is 11.3 Å². The van der Waals surface area contributed by atoms with Gasteiger partial charge in [0.15, 0.2) is 10.8 Å². The van der Waals surface area contributed by atoms with Crippen LogP contribution in [0.1, 0.15) is 34.3 Å². The number of carbonyl (C=O) groups excluding carboxylic acids is 1. The molecule has 120 valence electrons. The average molecular weight is 331 g/mol. The lowest BCUT2D eigenvalue weighted by atomic mass is 10.3. The van der Waals surface area contributed by atoms with Crippen molar-refractivity contribution >= 4 is 27.5 Å². The minimum Gasteiger partial charge on any atom is -0.463 e. The van der Waals surface area contributed by atoms with Crippen LogP contribution < -0.4 is 4.90 Å². The molecule has 0 aliphatic rings. The lowest BCUT2D eigenvalue weighted by Gasteiger charge is -2.18. The first-order valence-corrected chi connectivity index (χ1v) is 8.25. The highest BCUT2D eigenvalue weighted by atomic mass is 32.1. The number of furan rings is 1. The fraction of sp³-hybridized carbons (Fsp3) is 0.294. The number of para-hydroxylation sites is 1. The van der Waals surface area contributed by atoms with E-state index in [1.165, 1.54) is 16.7 Å². The molecule has 3 aromatic rings. The fourth-order valence-corrected chi connectivity index (χ4v) is 3.51. The van der Waals surface area contributed by atoms with Crippen LogP contribution in [0.4, 0.5) is 0 Å². The van der Waals surface area contributed by atoms with Gasteiger partial charge in [0.2, 0.25) is 5.76 Å². The summed E-state index contributed by atoms with van der Waals surface area (Å²) in [7, 11) is 3.44. The average Bonchev–Trinajstić information content (AvgIpc) is 3.19. The Kier molecular flexibility index (Phi) is 4.45. The fourth-order valence-electron chi connectivity index (χ4n) is 2.40. The number of quaternary nitrogens is 1. The van der Waals surface area contributed by atoms with Crippen molar-refractivity contribution in [1.82, 2.24) is 4.98 Å². The number of benzene rings is 1. The number of hydrogen-bond acceptors (Lipinski definition) is 5. The van der Waals surface area contributed by atoms with Crippen LogP contribution in [0.3, 0.4) is 0 Å². The van der Waals surface area contributed by atoms with Gasteiger partial charge < -0.3 is 14.1 Å². The van der Waals surface area contributed by atoms with Gasteiger partial charge in [-0.3, -0.25) is 0 Å². The molecule has 1 aromatic carbocycles. The number of thiazole rings is 1. The van der Waals surface area contributed by atoms with Crippen molar-refractivity contribution in [2.45, 2.75) is 19.5 Å². The number of nitrogens with zero attached hydrogens (tertiary/aromatic N) is 1. The van der Waals surface area contributed by atoms with Gasteiger partial charge in [0, 0.05) is 0 Å². The van der Waals surface area contributed by atoms with E-state index in [0.717, 1.165) is 16.3 Å². The number of fused-ring (bicyclic) bond motifs is 1. The van der Waals surface area contributed by atoms with E-state index in [2.05, 4.69) is 24.8 Å². The van der Waals surface area contributed by atoms with Crippen molar-refractivity contribution in [1.29, 1.82) is 0 Å². The molecule has 0 amide bonds. The number of ether oxygens (including phenoxy) is 1. The molecule has 1 unspecified atom stereocenters. The zero-order valence-corrected chi connectivity index (χ0v) is 14.1. The molecule has 0 fully saturated rings. The highest BCUT2D eigenvalue weighted by Gasteiger charge is 2.21. The maximum Gasteiger partial charge on any atom is 0.373 e. The number of hydrogen-bond donors (Lipinski definition) is 1. The van der Waals surface area contributed by atoms with Gasteiger partial charge in [-0.25, -0.2) is 9.78 Å². The third-order valence-corrected chi connectivity index (χ3v) is 5.14. The Morgan fingerprint density at radius 2 is 2.13 bits per heavy atom. The van der Waals surface area contributed by atoms with Gasteiger partial charge in [0.25, 0.3) is 0 Å². The van der Waals surface area contributed by atoms with Crippen molar-refractivity contribution in [3.63, 3.8) is 0 Å². The molecule has 0 aliphatic carbocycles. The lowest BCUT2D eigenvalue weighted by Crippen LogP contribution is -3.07. The zero-order valence-electron chi connectivity index (χ0n) is 13.3. The van der Waals surface area contributed by atoms with E-state index in [-0.39, 0.29) is 11.8 Å². The predicted molar refractivity (Wildman–Crippen MR) is 88.7 cm³/mol. The van der Waals surface area contributed by atoms with Gasteiger partial charge in [-0.2, -0.15) is 0 Å². The highest BCUT2D eigenvalue weighted by Crippen LogP contribution is 2.24. The van der Waals surface area contributed by atoms with Gasteiger partial charge >= 0.3 is 5.97 Å². The number of aromatic nitrogens is 1. The zero-order chi connectivity index (χ0) is 16.4. The van der Waals surface area contributed by atoms with Crippen LogP contribution in [-0.4, -0.2) is 25.1 Å². The van der Waals surface area contributed by atoms with Crippen LogP contribution in [0.25, 0.3) is 10.2 Å². The van der Waals surface area contributed by atoms with Crippen LogP contribution in [0.2, 0.25) is 0 Å². The summed E-state index contributed by atoms with van der Waals surface area (Å²) in [5.41, 5.74) is 1.04. The molecule has 0 bridgehead atoms. The summed E-state index contributed by atoms with van der Waals surface area (Å²) in [6, 6.07) is 11.9. The first-order valence-electron chi connectivity index (χ1n) is 7.43. The number of rotatable bonds is 5. The Balaban J connectivity index is 1.73. The van der Waals surface area contributed by atoms with Crippen LogP contribution in [0.15, 0.2) is 40.8 Å². The molecule has 2 atom stereocenters. The van der Waals surface area contributed by atoms with Crippen LogP contribution in [0, 0.1) is 0 Å². The molecule has 0 spiro atoms. The van der Waals surface area contributed by atoms with E-state index in [0.29, 0.717) is 6.54 Å². The summed E-state index contributed by atoms with van der Waals surface area (Å²) < 4.78 is 11.4. The molecule has 2 aromatic heterocycles. The minimum absolute atomic E-state index is 0.235. The molecular formula is C17H19N2O3S+. The maximum atomic E-state index is 11.4. The molecule has 1 N–H and O–H groups in total. The summed E-state index contributed by atoms with van der Waals surface area (Å²) in [5.74, 6) is 0.548. The van der Waals surface area contributed by atoms with E-state index in [9.17, 15) is 4.79 Å². The standard InChI is InChI=1S/C17H18N2O3S/c1-11(16-18-13-6-4-5-7-15(13)23-16)19(2)10-12-8-9-14(22-12)17(20)21-3/h4-9,11H,10H2,1-3H3/p+1/t11-/m1/s1. The number of carbonyl (C=O) groups is 1. The normalized spacial score (nSPS) is 13.9. The van der Waals surface area contributed by atoms with Gasteiger partial charge in [0.1, 0.15) is 12.6 Å². The van der Waals surface area contributed by atoms with E-state index < -0.39 is 5.97 Å². The van der Waals surface area contributed by atoms with E-state index in [4.69, 9.17) is 9.40 Å². The summed E-state index contributed by atoms with van der Waals surface area (Å²) in [6.45, 7) is 2.82. The second-order valence-electron chi connectivity index (χ2n) is 5.52. The van der Waals surface area contributed by atoms with Gasteiger partial charge in [-0.05, 0) is 31.2 Å². The van der Waals surface area contributed by atoms with Crippen LogP contribution in [0.5, 0.6) is 0 Å². The van der Waals surface area contributed by atoms with E-state index in [1.54, 1.807) is 17.4 Å². The van der Waals surface area contributed by atoms with Crippen molar-refractivity contribution in [3.8, 4) is 0 Å². The third kappa shape index (κ3) is 3.28. The molecule has 2 heterocycles. The molecule has 0 aliphatic heterocycles. The second kappa shape index (κ2) is 6.52. The second-order valence-corrected chi connectivity index (χ2v) is 6.58. The predicted octanol–water partition coefficient (Wildman–Crippen LogP) is 2.45. The molecule has 23 heavy (non-hydrogen) atoms. The Bertz CT molecular complexity index is 791. The van der Waals surface area contributed by atoms with Gasteiger partial charge in [0.05, 0.1) is 24.4 Å². The van der Waals surface area contributed by atoms with E-state index >= 15 is 0 Å². The Labute approximate surface area is 138 Å². The van der Waals surface area contributed by atoms with Crippen molar-refractivity contribution < 1.29 is 18.8 Å². The summed E-state index contributed by atoms with van der Waals surface area (Å²) in [4.78, 5) is 17.4. The maximum absolute atomic E-state index is 11.4. The molecule has 3 rings (SSSR count).